The average Bonchev–Trinajstić information content (AvgIpc) is 2.20. The Balaban J connectivity index is 2.96. The molecule has 2 N–H and O–H groups in total. The average molecular weight is 214 g/mol. The molecule has 0 radical (unpaired) electrons. The van der Waals surface area contributed by atoms with E-state index in [1.54, 1.807) is 18.2 Å². The Kier molecular flexibility index (Phi) is 3.49. The van der Waals surface area contributed by atoms with Crippen LogP contribution in [0, 0.1) is 6.92 Å². The van der Waals surface area contributed by atoms with Crippen molar-refractivity contribution in [2.45, 2.75) is 13.0 Å². The standard InChI is InChI=1S/C10H12ClNO2/c1-6-5-7(3-4-8(6)11)9(12)10(13)14-2/h3-5,9H,12H2,1-2H3/t9-/m1/s1. The van der Waals surface area contributed by atoms with Gasteiger partial charge in [-0.25, -0.2) is 0 Å². The Bertz CT molecular complexity index is 352. The largest absolute Gasteiger partial charge is 0.468 e. The number of carbonyl (C=O) groups excluding carboxylic acids is 1. The number of carbonyl (C=O) groups is 1. The Hall–Kier alpha value is -1.06. The predicted molar refractivity (Wildman–Crippen MR) is 55.1 cm³/mol. The van der Waals surface area contributed by atoms with Crippen LogP contribution in [0.15, 0.2) is 18.2 Å². The van der Waals surface area contributed by atoms with Crippen LogP contribution in [0.5, 0.6) is 0 Å². The van der Waals surface area contributed by atoms with Gasteiger partial charge in [0.2, 0.25) is 0 Å². The van der Waals surface area contributed by atoms with Gasteiger partial charge in [0.05, 0.1) is 7.11 Å². The lowest BCUT2D eigenvalue weighted by molar-refractivity contribution is -0.142. The van der Waals surface area contributed by atoms with E-state index in [-0.39, 0.29) is 0 Å². The van der Waals surface area contributed by atoms with Crippen molar-refractivity contribution in [1.82, 2.24) is 0 Å². The minimum atomic E-state index is -0.740. The first kappa shape index (κ1) is 11.0. The van der Waals surface area contributed by atoms with Crippen LogP contribution in [0.3, 0.4) is 0 Å². The summed E-state index contributed by atoms with van der Waals surface area (Å²) in [6.45, 7) is 1.86. The lowest BCUT2D eigenvalue weighted by Crippen LogP contribution is -2.22. The summed E-state index contributed by atoms with van der Waals surface area (Å²) in [6.07, 6.45) is 0. The molecule has 0 saturated heterocycles. The van der Waals surface area contributed by atoms with Crippen LogP contribution in [0.1, 0.15) is 17.2 Å². The molecular weight excluding hydrogens is 202 g/mol. The molecule has 1 aromatic rings. The second-order valence-electron chi connectivity index (χ2n) is 3.01. The number of halogens is 1. The van der Waals surface area contributed by atoms with Crippen molar-refractivity contribution in [3.05, 3.63) is 34.3 Å². The summed E-state index contributed by atoms with van der Waals surface area (Å²) in [6, 6.07) is 4.48. The molecule has 0 aliphatic carbocycles. The Morgan fingerprint density at radius 1 is 1.57 bits per heavy atom. The number of aryl methyl sites for hydroxylation is 1. The zero-order chi connectivity index (χ0) is 10.7. The number of hydrogen-bond donors (Lipinski definition) is 1. The first-order chi connectivity index (χ1) is 6.56. The van der Waals surface area contributed by atoms with Crippen molar-refractivity contribution in [2.75, 3.05) is 7.11 Å². The molecule has 0 unspecified atom stereocenters. The number of ether oxygens (including phenoxy) is 1. The highest BCUT2D eigenvalue weighted by Crippen LogP contribution is 2.20. The minimum Gasteiger partial charge on any atom is -0.468 e. The van der Waals surface area contributed by atoms with Gasteiger partial charge < -0.3 is 10.5 Å². The van der Waals surface area contributed by atoms with Crippen LogP contribution < -0.4 is 5.73 Å². The Morgan fingerprint density at radius 3 is 2.71 bits per heavy atom. The summed E-state index contributed by atoms with van der Waals surface area (Å²) >= 11 is 5.84. The maximum Gasteiger partial charge on any atom is 0.327 e. The molecule has 14 heavy (non-hydrogen) atoms. The summed E-state index contributed by atoms with van der Waals surface area (Å²) < 4.78 is 4.54. The maximum absolute atomic E-state index is 11.1. The van der Waals surface area contributed by atoms with E-state index in [0.717, 1.165) is 5.56 Å². The molecule has 0 aliphatic heterocycles. The third-order valence-electron chi connectivity index (χ3n) is 2.00. The molecule has 0 amide bonds. The molecule has 1 aromatic carbocycles. The van der Waals surface area contributed by atoms with Crippen molar-refractivity contribution in [3.8, 4) is 0 Å². The highest BCUT2D eigenvalue weighted by molar-refractivity contribution is 6.31. The van der Waals surface area contributed by atoms with E-state index in [4.69, 9.17) is 17.3 Å². The zero-order valence-electron chi connectivity index (χ0n) is 8.08. The van der Waals surface area contributed by atoms with Crippen LogP contribution in [0.25, 0.3) is 0 Å². The minimum absolute atomic E-state index is 0.452. The molecule has 0 heterocycles. The molecule has 0 spiro atoms. The van der Waals surface area contributed by atoms with Gasteiger partial charge in [-0.3, -0.25) is 4.79 Å². The monoisotopic (exact) mass is 213 g/mol. The Morgan fingerprint density at radius 2 is 2.21 bits per heavy atom. The molecule has 1 atom stereocenters. The third kappa shape index (κ3) is 2.25. The van der Waals surface area contributed by atoms with Crippen LogP contribution in [0.4, 0.5) is 0 Å². The van der Waals surface area contributed by atoms with Crippen molar-refractivity contribution in [1.29, 1.82) is 0 Å². The van der Waals surface area contributed by atoms with E-state index < -0.39 is 12.0 Å². The van der Waals surface area contributed by atoms with Gasteiger partial charge in [0.1, 0.15) is 6.04 Å². The smallest absolute Gasteiger partial charge is 0.327 e. The summed E-state index contributed by atoms with van der Waals surface area (Å²) in [5.41, 5.74) is 7.25. The van der Waals surface area contributed by atoms with Gasteiger partial charge in [-0.2, -0.15) is 0 Å². The zero-order valence-corrected chi connectivity index (χ0v) is 8.84. The molecule has 0 fully saturated rings. The maximum atomic E-state index is 11.1. The number of esters is 1. The van der Waals surface area contributed by atoms with E-state index in [2.05, 4.69) is 4.74 Å². The fourth-order valence-electron chi connectivity index (χ4n) is 1.12. The van der Waals surface area contributed by atoms with Crippen LogP contribution in [-0.2, 0) is 9.53 Å². The van der Waals surface area contributed by atoms with Crippen molar-refractivity contribution in [2.24, 2.45) is 5.73 Å². The topological polar surface area (TPSA) is 52.3 Å². The van der Waals surface area contributed by atoms with Crippen molar-refractivity contribution < 1.29 is 9.53 Å². The lowest BCUT2D eigenvalue weighted by atomic mass is 10.1. The van der Waals surface area contributed by atoms with Gasteiger partial charge in [0.15, 0.2) is 0 Å². The van der Waals surface area contributed by atoms with E-state index in [0.29, 0.717) is 10.6 Å². The molecule has 4 heteroatoms. The van der Waals surface area contributed by atoms with E-state index in [1.165, 1.54) is 7.11 Å². The first-order valence-electron chi connectivity index (χ1n) is 4.15. The third-order valence-corrected chi connectivity index (χ3v) is 2.42. The molecule has 1 rings (SSSR count). The SMILES string of the molecule is COC(=O)[C@H](N)c1ccc(Cl)c(C)c1. The van der Waals surface area contributed by atoms with Gasteiger partial charge in [0, 0.05) is 5.02 Å². The highest BCUT2D eigenvalue weighted by atomic mass is 35.5. The molecule has 0 aliphatic rings. The number of methoxy groups -OCH3 is 1. The summed E-state index contributed by atoms with van der Waals surface area (Å²) in [5.74, 6) is -0.452. The van der Waals surface area contributed by atoms with Crippen LogP contribution in [-0.4, -0.2) is 13.1 Å². The van der Waals surface area contributed by atoms with Gasteiger partial charge in [-0.15, -0.1) is 0 Å². The van der Waals surface area contributed by atoms with Crippen molar-refractivity contribution in [3.63, 3.8) is 0 Å². The van der Waals surface area contributed by atoms with E-state index >= 15 is 0 Å². The molecular formula is C10H12ClNO2. The van der Waals surface area contributed by atoms with Crippen molar-refractivity contribution >= 4 is 17.6 Å². The van der Waals surface area contributed by atoms with Gasteiger partial charge in [-0.1, -0.05) is 23.7 Å². The summed E-state index contributed by atoms with van der Waals surface area (Å²) in [7, 11) is 1.31. The van der Waals surface area contributed by atoms with Gasteiger partial charge in [-0.05, 0) is 24.1 Å². The molecule has 3 nitrogen and oxygen atoms in total. The number of rotatable bonds is 2. The van der Waals surface area contributed by atoms with E-state index in [1.807, 2.05) is 6.92 Å². The lowest BCUT2D eigenvalue weighted by Gasteiger charge is -2.10. The quantitative estimate of drug-likeness (QED) is 0.763. The van der Waals surface area contributed by atoms with Crippen LogP contribution in [0.2, 0.25) is 5.02 Å². The summed E-state index contributed by atoms with van der Waals surface area (Å²) in [4.78, 5) is 11.1. The number of benzene rings is 1. The second-order valence-corrected chi connectivity index (χ2v) is 3.42. The predicted octanol–water partition coefficient (Wildman–Crippen LogP) is 1.82. The first-order valence-corrected chi connectivity index (χ1v) is 4.53. The van der Waals surface area contributed by atoms with Gasteiger partial charge >= 0.3 is 5.97 Å². The second kappa shape index (κ2) is 4.44. The molecule has 0 saturated carbocycles. The fraction of sp³-hybridized carbons (Fsp3) is 0.300. The van der Waals surface area contributed by atoms with Gasteiger partial charge in [0.25, 0.3) is 0 Å². The fourth-order valence-corrected chi connectivity index (χ4v) is 1.24. The normalized spacial score (nSPS) is 12.3. The molecule has 0 bridgehead atoms. The molecule has 0 aromatic heterocycles. The highest BCUT2D eigenvalue weighted by Gasteiger charge is 2.16. The Labute approximate surface area is 87.8 Å². The number of hydrogen-bond acceptors (Lipinski definition) is 3. The van der Waals surface area contributed by atoms with Crippen LogP contribution >= 0.6 is 11.6 Å². The molecule has 76 valence electrons. The van der Waals surface area contributed by atoms with E-state index in [9.17, 15) is 4.79 Å². The summed E-state index contributed by atoms with van der Waals surface area (Å²) in [5, 5.41) is 0.658. The number of nitrogens with two attached hydrogens (primary N) is 1.